The van der Waals surface area contributed by atoms with Crippen molar-refractivity contribution in [2.75, 3.05) is 7.11 Å². The van der Waals surface area contributed by atoms with E-state index in [1.165, 1.54) is 19.2 Å². The highest BCUT2D eigenvalue weighted by molar-refractivity contribution is 5.69. The topological polar surface area (TPSA) is 52.3 Å². The van der Waals surface area contributed by atoms with Gasteiger partial charge in [-0.2, -0.15) is 0 Å². The first-order chi connectivity index (χ1) is 8.02. The molecule has 0 amide bonds. The summed E-state index contributed by atoms with van der Waals surface area (Å²) in [5.74, 6) is -0.495. The van der Waals surface area contributed by atoms with Crippen LogP contribution in [0.1, 0.15) is 24.0 Å². The maximum absolute atomic E-state index is 12.9. The Morgan fingerprint density at radius 1 is 1.53 bits per heavy atom. The summed E-state index contributed by atoms with van der Waals surface area (Å²) in [6.45, 7) is 1.85. The van der Waals surface area contributed by atoms with Crippen LogP contribution in [0.4, 0.5) is 4.39 Å². The number of benzene rings is 1. The monoisotopic (exact) mass is 239 g/mol. The van der Waals surface area contributed by atoms with Gasteiger partial charge in [0.2, 0.25) is 0 Å². The van der Waals surface area contributed by atoms with Crippen LogP contribution in [0.3, 0.4) is 0 Å². The molecule has 17 heavy (non-hydrogen) atoms. The third-order valence-electron chi connectivity index (χ3n) is 2.73. The molecule has 4 heteroatoms. The van der Waals surface area contributed by atoms with Crippen molar-refractivity contribution in [1.29, 1.82) is 0 Å². The van der Waals surface area contributed by atoms with Gasteiger partial charge in [0.15, 0.2) is 0 Å². The molecular weight excluding hydrogens is 221 g/mol. The molecule has 1 aromatic rings. The van der Waals surface area contributed by atoms with Gasteiger partial charge in [-0.25, -0.2) is 4.39 Å². The number of halogens is 1. The van der Waals surface area contributed by atoms with Gasteiger partial charge in [-0.05, 0) is 43.0 Å². The van der Waals surface area contributed by atoms with E-state index in [1.807, 2.05) is 6.92 Å². The van der Waals surface area contributed by atoms with Gasteiger partial charge in [0.05, 0.1) is 7.11 Å². The second-order valence-corrected chi connectivity index (χ2v) is 4.15. The fraction of sp³-hybridized carbons (Fsp3) is 0.462. The van der Waals surface area contributed by atoms with Crippen molar-refractivity contribution >= 4 is 5.97 Å². The second-order valence-electron chi connectivity index (χ2n) is 4.15. The van der Waals surface area contributed by atoms with E-state index < -0.39 is 0 Å². The largest absolute Gasteiger partial charge is 0.469 e. The molecule has 2 N–H and O–H groups in total. The Labute approximate surface area is 101 Å². The van der Waals surface area contributed by atoms with E-state index in [0.717, 1.165) is 11.1 Å². The smallest absolute Gasteiger partial charge is 0.305 e. The summed E-state index contributed by atoms with van der Waals surface area (Å²) >= 11 is 0. The van der Waals surface area contributed by atoms with Gasteiger partial charge in [0, 0.05) is 12.5 Å². The van der Waals surface area contributed by atoms with Crippen molar-refractivity contribution in [1.82, 2.24) is 0 Å². The fourth-order valence-electron chi connectivity index (χ4n) is 1.68. The van der Waals surface area contributed by atoms with E-state index in [1.54, 1.807) is 6.07 Å². The molecule has 1 atom stereocenters. The molecule has 3 nitrogen and oxygen atoms in total. The van der Waals surface area contributed by atoms with E-state index >= 15 is 0 Å². The normalized spacial score (nSPS) is 12.2. The van der Waals surface area contributed by atoms with E-state index in [2.05, 4.69) is 4.74 Å². The van der Waals surface area contributed by atoms with Gasteiger partial charge < -0.3 is 10.5 Å². The highest BCUT2D eigenvalue weighted by Crippen LogP contribution is 2.13. The van der Waals surface area contributed by atoms with Crippen LogP contribution in [0, 0.1) is 12.7 Å². The molecular formula is C13H18FNO2. The van der Waals surface area contributed by atoms with Crippen molar-refractivity contribution in [3.63, 3.8) is 0 Å². The summed E-state index contributed by atoms with van der Waals surface area (Å²) < 4.78 is 17.4. The lowest BCUT2D eigenvalue weighted by Crippen LogP contribution is -2.24. The average molecular weight is 239 g/mol. The maximum atomic E-state index is 12.9. The number of carbonyl (C=O) groups excluding carboxylic acids is 1. The summed E-state index contributed by atoms with van der Waals surface area (Å²) in [5.41, 5.74) is 7.82. The molecule has 0 aromatic heterocycles. The third-order valence-corrected chi connectivity index (χ3v) is 2.73. The van der Waals surface area contributed by atoms with Crippen molar-refractivity contribution < 1.29 is 13.9 Å². The number of ether oxygens (including phenoxy) is 1. The van der Waals surface area contributed by atoms with Crippen LogP contribution in [0.5, 0.6) is 0 Å². The van der Waals surface area contributed by atoms with Gasteiger partial charge in [-0.3, -0.25) is 4.79 Å². The number of hydrogen-bond donors (Lipinski definition) is 1. The Bertz CT molecular complexity index is 393. The van der Waals surface area contributed by atoms with Crippen LogP contribution in [0.15, 0.2) is 18.2 Å². The van der Waals surface area contributed by atoms with Crippen LogP contribution in [0.2, 0.25) is 0 Å². The van der Waals surface area contributed by atoms with Gasteiger partial charge in [-0.1, -0.05) is 6.07 Å². The highest BCUT2D eigenvalue weighted by Gasteiger charge is 2.09. The zero-order chi connectivity index (χ0) is 12.8. The molecule has 1 aromatic carbocycles. The van der Waals surface area contributed by atoms with Gasteiger partial charge >= 0.3 is 5.97 Å². The number of rotatable bonds is 5. The standard InChI is InChI=1S/C13H18FNO2/c1-9-7-11(14)4-3-10(9)8-12(15)5-6-13(16)17-2/h3-4,7,12H,5-6,8,15H2,1-2H3. The lowest BCUT2D eigenvalue weighted by atomic mass is 9.99. The molecule has 0 heterocycles. The summed E-state index contributed by atoms with van der Waals surface area (Å²) in [6, 6.07) is 4.54. The minimum Gasteiger partial charge on any atom is -0.469 e. The minimum absolute atomic E-state index is 0.113. The zero-order valence-corrected chi connectivity index (χ0v) is 10.2. The molecule has 0 spiro atoms. The molecule has 0 saturated heterocycles. The van der Waals surface area contributed by atoms with E-state index in [0.29, 0.717) is 19.3 Å². The Hall–Kier alpha value is -1.42. The van der Waals surface area contributed by atoms with Crippen molar-refractivity contribution in [2.45, 2.75) is 32.2 Å². The average Bonchev–Trinajstić information content (AvgIpc) is 2.29. The Morgan fingerprint density at radius 2 is 2.24 bits per heavy atom. The van der Waals surface area contributed by atoms with E-state index in [4.69, 9.17) is 5.73 Å². The number of esters is 1. The molecule has 94 valence electrons. The molecule has 1 unspecified atom stereocenters. The minimum atomic E-state index is -0.253. The van der Waals surface area contributed by atoms with E-state index in [-0.39, 0.29) is 17.8 Å². The molecule has 0 aliphatic rings. The molecule has 0 saturated carbocycles. The van der Waals surface area contributed by atoms with Crippen molar-refractivity contribution in [3.05, 3.63) is 35.1 Å². The number of aryl methyl sites for hydroxylation is 1. The second kappa shape index (κ2) is 6.35. The van der Waals surface area contributed by atoms with Crippen LogP contribution in [-0.4, -0.2) is 19.1 Å². The molecule has 0 aliphatic heterocycles. The molecule has 0 fully saturated rings. The lowest BCUT2D eigenvalue weighted by molar-refractivity contribution is -0.140. The molecule has 0 bridgehead atoms. The number of nitrogens with two attached hydrogens (primary N) is 1. The third kappa shape index (κ3) is 4.53. The van der Waals surface area contributed by atoms with Crippen LogP contribution >= 0.6 is 0 Å². The highest BCUT2D eigenvalue weighted by atomic mass is 19.1. The first-order valence-corrected chi connectivity index (χ1v) is 5.60. The summed E-state index contributed by atoms with van der Waals surface area (Å²) in [6.07, 6.45) is 1.53. The summed E-state index contributed by atoms with van der Waals surface area (Å²) in [4.78, 5) is 11.0. The van der Waals surface area contributed by atoms with Crippen LogP contribution < -0.4 is 5.73 Å². The lowest BCUT2D eigenvalue weighted by Gasteiger charge is -2.12. The quantitative estimate of drug-likeness (QED) is 0.799. The Balaban J connectivity index is 2.50. The SMILES string of the molecule is COC(=O)CCC(N)Cc1ccc(F)cc1C. The Kier molecular flexibility index (Phi) is 5.10. The number of methoxy groups -OCH3 is 1. The van der Waals surface area contributed by atoms with Gasteiger partial charge in [-0.15, -0.1) is 0 Å². The van der Waals surface area contributed by atoms with Crippen LogP contribution in [-0.2, 0) is 16.0 Å². The van der Waals surface area contributed by atoms with Gasteiger partial charge in [0.25, 0.3) is 0 Å². The molecule has 1 rings (SSSR count). The number of carbonyl (C=O) groups is 1. The summed E-state index contributed by atoms with van der Waals surface area (Å²) in [5, 5.41) is 0. The molecule has 0 aliphatic carbocycles. The van der Waals surface area contributed by atoms with Crippen LogP contribution in [0.25, 0.3) is 0 Å². The van der Waals surface area contributed by atoms with E-state index in [9.17, 15) is 9.18 Å². The van der Waals surface area contributed by atoms with Crippen molar-refractivity contribution in [3.8, 4) is 0 Å². The first-order valence-electron chi connectivity index (χ1n) is 5.60. The predicted molar refractivity (Wildman–Crippen MR) is 64.1 cm³/mol. The maximum Gasteiger partial charge on any atom is 0.305 e. The summed E-state index contributed by atoms with van der Waals surface area (Å²) in [7, 11) is 1.36. The predicted octanol–water partition coefficient (Wildman–Crippen LogP) is 1.96. The first kappa shape index (κ1) is 13.6. The zero-order valence-electron chi connectivity index (χ0n) is 10.2. The van der Waals surface area contributed by atoms with Gasteiger partial charge in [0.1, 0.15) is 5.82 Å². The molecule has 0 radical (unpaired) electrons. The van der Waals surface area contributed by atoms with Crippen molar-refractivity contribution in [2.24, 2.45) is 5.73 Å². The fourth-order valence-corrected chi connectivity index (χ4v) is 1.68. The Morgan fingerprint density at radius 3 is 2.82 bits per heavy atom. The number of hydrogen-bond acceptors (Lipinski definition) is 3.